The summed E-state index contributed by atoms with van der Waals surface area (Å²) in [6, 6.07) is 44.0. The van der Waals surface area contributed by atoms with Crippen LogP contribution in [-0.2, 0) is 0 Å². The van der Waals surface area contributed by atoms with E-state index in [1.807, 2.05) is 119 Å². The second kappa shape index (κ2) is 37.4. The van der Waals surface area contributed by atoms with E-state index >= 15 is 0 Å². The fourth-order valence-corrected chi connectivity index (χ4v) is 2.90. The maximum atomic E-state index is 2.20. The van der Waals surface area contributed by atoms with Crippen LogP contribution in [0.15, 0.2) is 127 Å². The van der Waals surface area contributed by atoms with Crippen molar-refractivity contribution in [2.45, 2.75) is 89.0 Å². The van der Waals surface area contributed by atoms with Gasteiger partial charge in [0, 0.05) is 5.92 Å². The number of hydrogen-bond donors (Lipinski definition) is 0. The van der Waals surface area contributed by atoms with E-state index in [9.17, 15) is 0 Å². The van der Waals surface area contributed by atoms with E-state index in [0.717, 1.165) is 0 Å². The van der Waals surface area contributed by atoms with E-state index in [-0.39, 0.29) is 0 Å². The highest BCUT2D eigenvalue weighted by molar-refractivity contribution is 5.42. The molecule has 0 aromatic heterocycles. The molecule has 4 rings (SSSR count). The zero-order valence-corrected chi connectivity index (χ0v) is 26.2. The van der Waals surface area contributed by atoms with Crippen LogP contribution in [0.2, 0.25) is 0 Å². The molecule has 37 heavy (non-hydrogen) atoms. The lowest BCUT2D eigenvalue weighted by Gasteiger charge is -2.18. The van der Waals surface area contributed by atoms with Gasteiger partial charge in [0.1, 0.15) is 0 Å². The first kappa shape index (κ1) is 41.0. The van der Waals surface area contributed by atoms with E-state index in [1.165, 1.54) is 16.7 Å². The molecule has 0 heterocycles. The van der Waals surface area contributed by atoms with E-state index in [0.29, 0.717) is 5.92 Å². The lowest BCUT2D eigenvalue weighted by atomic mass is 9.85. The molecule has 4 aromatic rings. The lowest BCUT2D eigenvalue weighted by Crippen LogP contribution is -2.02. The highest BCUT2D eigenvalue weighted by atomic mass is 14.2. The molecule has 206 valence electrons. The molecular weight excluding hydrogens is 444 g/mol. The Morgan fingerprint density at radius 1 is 0.243 bits per heavy atom. The first-order chi connectivity index (χ1) is 18.4. The van der Waals surface area contributed by atoms with Crippen molar-refractivity contribution >= 4 is 0 Å². The third kappa shape index (κ3) is 20.7. The molecule has 0 fully saturated rings. The third-order valence-electron chi connectivity index (χ3n) is 4.07. The zero-order valence-electron chi connectivity index (χ0n) is 26.2. The Kier molecular flexibility index (Phi) is 41.5. The highest BCUT2D eigenvalue weighted by Gasteiger charge is 2.15. The molecule has 0 unspecified atom stereocenters. The molecule has 0 amide bonds. The van der Waals surface area contributed by atoms with Gasteiger partial charge in [-0.05, 0) is 16.7 Å². The highest BCUT2D eigenvalue weighted by Crippen LogP contribution is 2.31. The average Bonchev–Trinajstić information content (AvgIpc) is 3.06. The summed E-state index contributed by atoms with van der Waals surface area (Å²) in [6.45, 7) is 24.0. The SMILES string of the molecule is CC.CC.CC.CC.CC.CC.c1ccc(C(c2ccccc2)c2ccccc2)cc1.c1ccccc1. The standard InChI is InChI=1S/C19H16.C6H6.6C2H6/c1-4-10-16(11-5-1)19(17-12-6-2-7-13-17)18-14-8-3-9-15-18;1-2-4-6-5-3-1;6*1-2/h1-15,19H;1-6H;6*1-2H3. The van der Waals surface area contributed by atoms with Crippen LogP contribution in [-0.4, -0.2) is 0 Å². The molecule has 0 bridgehead atoms. The van der Waals surface area contributed by atoms with E-state index in [2.05, 4.69) is 91.0 Å². The van der Waals surface area contributed by atoms with Gasteiger partial charge in [0.15, 0.2) is 0 Å². The van der Waals surface area contributed by atoms with Gasteiger partial charge in [-0.2, -0.15) is 0 Å². The summed E-state index contributed by atoms with van der Waals surface area (Å²) in [5, 5.41) is 0. The summed E-state index contributed by atoms with van der Waals surface area (Å²) >= 11 is 0. The van der Waals surface area contributed by atoms with Gasteiger partial charge >= 0.3 is 0 Å². The van der Waals surface area contributed by atoms with Gasteiger partial charge < -0.3 is 0 Å². The van der Waals surface area contributed by atoms with Crippen LogP contribution in [0.5, 0.6) is 0 Å². The molecule has 0 aliphatic carbocycles. The minimum Gasteiger partial charge on any atom is -0.0683 e. The van der Waals surface area contributed by atoms with Gasteiger partial charge in [-0.15, -0.1) is 0 Å². The Morgan fingerprint density at radius 3 is 0.541 bits per heavy atom. The van der Waals surface area contributed by atoms with E-state index in [1.54, 1.807) is 0 Å². The molecule has 0 atom stereocenters. The molecule has 0 spiro atoms. The fraction of sp³-hybridized carbons (Fsp3) is 0.351. The first-order valence-corrected chi connectivity index (χ1v) is 14.6. The maximum Gasteiger partial charge on any atom is 0.0339 e. The molecule has 0 radical (unpaired) electrons. The summed E-state index contributed by atoms with van der Waals surface area (Å²) in [5.41, 5.74) is 4.00. The molecule has 0 N–H and O–H groups in total. The largest absolute Gasteiger partial charge is 0.0683 e. The van der Waals surface area contributed by atoms with Crippen LogP contribution in [0.3, 0.4) is 0 Å². The quantitative estimate of drug-likeness (QED) is 0.244. The van der Waals surface area contributed by atoms with Crippen LogP contribution in [0.1, 0.15) is 106 Å². The van der Waals surface area contributed by atoms with Crippen LogP contribution in [0.4, 0.5) is 0 Å². The maximum absolute atomic E-state index is 2.20. The van der Waals surface area contributed by atoms with E-state index in [4.69, 9.17) is 0 Å². The molecule has 0 aliphatic rings. The Balaban J connectivity index is -0.000000253. The smallest absolute Gasteiger partial charge is 0.0339 e. The average molecular weight is 503 g/mol. The fourth-order valence-electron chi connectivity index (χ4n) is 2.90. The zero-order chi connectivity index (χ0) is 29.2. The molecule has 0 nitrogen and oxygen atoms in total. The van der Waals surface area contributed by atoms with Gasteiger partial charge in [0.25, 0.3) is 0 Å². The molecule has 0 aliphatic heterocycles. The van der Waals surface area contributed by atoms with Crippen molar-refractivity contribution in [2.24, 2.45) is 0 Å². The van der Waals surface area contributed by atoms with Crippen LogP contribution < -0.4 is 0 Å². The Hall–Kier alpha value is -3.12. The van der Waals surface area contributed by atoms with Gasteiger partial charge in [0.05, 0.1) is 0 Å². The summed E-state index contributed by atoms with van der Waals surface area (Å²) < 4.78 is 0. The van der Waals surface area contributed by atoms with Gasteiger partial charge in [-0.3, -0.25) is 0 Å². The number of hydrogen-bond acceptors (Lipinski definition) is 0. The van der Waals surface area contributed by atoms with Crippen molar-refractivity contribution in [3.8, 4) is 0 Å². The van der Waals surface area contributed by atoms with Crippen molar-refractivity contribution in [3.05, 3.63) is 144 Å². The molecule has 0 saturated heterocycles. The molecule has 0 heteroatoms. The van der Waals surface area contributed by atoms with Crippen molar-refractivity contribution in [1.82, 2.24) is 0 Å². The van der Waals surface area contributed by atoms with Gasteiger partial charge in [-0.25, -0.2) is 0 Å². The summed E-state index contributed by atoms with van der Waals surface area (Å²) in [4.78, 5) is 0. The predicted molar refractivity (Wildman–Crippen MR) is 175 cm³/mol. The number of benzene rings is 4. The second-order valence-corrected chi connectivity index (χ2v) is 5.82. The topological polar surface area (TPSA) is 0 Å². The van der Waals surface area contributed by atoms with Gasteiger partial charge in [-0.1, -0.05) is 210 Å². The third-order valence-corrected chi connectivity index (χ3v) is 4.07. The van der Waals surface area contributed by atoms with Gasteiger partial charge in [0.2, 0.25) is 0 Å². The van der Waals surface area contributed by atoms with Crippen molar-refractivity contribution in [3.63, 3.8) is 0 Å². The Bertz CT molecular complexity index is 701. The van der Waals surface area contributed by atoms with Crippen molar-refractivity contribution in [1.29, 1.82) is 0 Å². The predicted octanol–water partition coefficient (Wildman–Crippen LogP) is 12.7. The minimum absolute atomic E-state index is 0.309. The van der Waals surface area contributed by atoms with Crippen molar-refractivity contribution in [2.75, 3.05) is 0 Å². The van der Waals surface area contributed by atoms with Crippen LogP contribution >= 0.6 is 0 Å². The second-order valence-electron chi connectivity index (χ2n) is 5.82. The molecule has 0 saturated carbocycles. The lowest BCUT2D eigenvalue weighted by molar-refractivity contribution is 0.977. The van der Waals surface area contributed by atoms with Crippen LogP contribution in [0.25, 0.3) is 0 Å². The first-order valence-electron chi connectivity index (χ1n) is 14.6. The Labute approximate surface area is 232 Å². The monoisotopic (exact) mass is 502 g/mol. The normalized spacial score (nSPS) is 7.70. The molecule has 4 aromatic carbocycles. The van der Waals surface area contributed by atoms with E-state index < -0.39 is 0 Å². The molecular formula is C37H58. The number of rotatable bonds is 3. The summed E-state index contributed by atoms with van der Waals surface area (Å²) in [6.07, 6.45) is 0. The van der Waals surface area contributed by atoms with Crippen LogP contribution in [0, 0.1) is 0 Å². The Morgan fingerprint density at radius 2 is 0.378 bits per heavy atom. The summed E-state index contributed by atoms with van der Waals surface area (Å²) in [5.74, 6) is 0.309. The van der Waals surface area contributed by atoms with Crippen molar-refractivity contribution < 1.29 is 0 Å². The minimum atomic E-state index is 0.309. The summed E-state index contributed by atoms with van der Waals surface area (Å²) in [7, 11) is 0.